The lowest BCUT2D eigenvalue weighted by molar-refractivity contribution is -0.127. The van der Waals surface area contributed by atoms with Crippen molar-refractivity contribution in [1.82, 2.24) is 14.5 Å². The lowest BCUT2D eigenvalue weighted by Gasteiger charge is -2.09. The molecule has 4 nitrogen and oxygen atoms in total. The minimum absolute atomic E-state index is 0.0148. The van der Waals surface area contributed by atoms with Gasteiger partial charge in [-0.15, -0.1) is 0 Å². The number of nitrogens with one attached hydrogen (secondary N) is 1. The average molecular weight is 342 g/mol. The summed E-state index contributed by atoms with van der Waals surface area (Å²) in [5, 5.41) is 0.460. The number of fused-ring (bicyclic) bond motifs is 1. The smallest absolute Gasteiger partial charge is 0.354 e. The second-order valence-corrected chi connectivity index (χ2v) is 5.59. The van der Waals surface area contributed by atoms with Gasteiger partial charge in [-0.25, -0.2) is 4.98 Å². The van der Waals surface area contributed by atoms with E-state index in [1.165, 1.54) is 25.5 Å². The number of aromatic nitrogens is 3. The second-order valence-electron chi connectivity index (χ2n) is 5.20. The minimum Gasteiger partial charge on any atom is -0.354 e. The Hall–Kier alpha value is -2.28. The summed E-state index contributed by atoms with van der Waals surface area (Å²) in [5.74, 6) is 0. The predicted molar refractivity (Wildman–Crippen MR) is 81.5 cm³/mol. The summed E-state index contributed by atoms with van der Waals surface area (Å²) in [6, 6.07) is 4.76. The largest absolute Gasteiger partial charge is 0.393 e. The van der Waals surface area contributed by atoms with E-state index in [2.05, 4.69) is 9.97 Å². The zero-order chi connectivity index (χ0) is 16.8. The number of alkyl halides is 3. The number of aryl methyl sites for hydroxylation is 1. The number of H-pyrrole nitrogens is 1. The molecule has 0 bridgehead atoms. The van der Waals surface area contributed by atoms with E-state index < -0.39 is 12.6 Å². The Kier molecular flexibility index (Phi) is 3.68. The van der Waals surface area contributed by atoms with Gasteiger partial charge in [0, 0.05) is 36.3 Å². The Morgan fingerprint density at radius 1 is 1.35 bits per heavy atom. The highest BCUT2D eigenvalue weighted by molar-refractivity contribution is 6.29. The Morgan fingerprint density at radius 3 is 2.74 bits per heavy atom. The maximum absolute atomic E-state index is 12.8. The number of nitrogens with zero attached hydrogens (tertiary/aromatic N) is 2. The Labute approximate surface area is 133 Å². The first-order valence-corrected chi connectivity index (χ1v) is 7.02. The van der Waals surface area contributed by atoms with Gasteiger partial charge in [0.2, 0.25) is 0 Å². The van der Waals surface area contributed by atoms with Crippen molar-refractivity contribution < 1.29 is 13.2 Å². The fourth-order valence-corrected chi connectivity index (χ4v) is 2.67. The molecule has 3 rings (SSSR count). The molecule has 0 unspecified atom stereocenters. The molecule has 3 aromatic rings. The van der Waals surface area contributed by atoms with Crippen LogP contribution in [0.1, 0.15) is 5.56 Å². The third-order valence-corrected chi connectivity index (χ3v) is 3.67. The number of hydrogen-bond donors (Lipinski definition) is 1. The van der Waals surface area contributed by atoms with Crippen LogP contribution in [0.2, 0.25) is 5.15 Å². The van der Waals surface area contributed by atoms with Crippen LogP contribution >= 0.6 is 11.6 Å². The fraction of sp³-hybridized carbons (Fsp3) is 0.200. The predicted octanol–water partition coefficient (Wildman–Crippen LogP) is 3.69. The lowest BCUT2D eigenvalue weighted by Crippen LogP contribution is -2.19. The summed E-state index contributed by atoms with van der Waals surface area (Å²) >= 11 is 5.83. The molecule has 0 spiro atoms. The molecular formula is C15H11ClF3N3O. The van der Waals surface area contributed by atoms with Crippen molar-refractivity contribution in [3.05, 3.63) is 51.7 Å². The van der Waals surface area contributed by atoms with Gasteiger partial charge >= 0.3 is 6.18 Å². The SMILES string of the molecule is Cn1cc(CC(F)(F)F)c2[nH]c(-c3ccnc(Cl)c3)cc2c1=O. The van der Waals surface area contributed by atoms with Crippen molar-refractivity contribution in [2.75, 3.05) is 0 Å². The number of aromatic amines is 1. The van der Waals surface area contributed by atoms with Crippen LogP contribution in [0.25, 0.3) is 22.2 Å². The summed E-state index contributed by atoms with van der Waals surface area (Å²) in [6.45, 7) is 0. The van der Waals surface area contributed by atoms with E-state index in [-0.39, 0.29) is 27.2 Å². The van der Waals surface area contributed by atoms with Gasteiger partial charge in [-0.05, 0) is 18.2 Å². The van der Waals surface area contributed by atoms with E-state index in [0.717, 1.165) is 4.57 Å². The zero-order valence-corrected chi connectivity index (χ0v) is 12.7. The van der Waals surface area contributed by atoms with Crippen LogP contribution in [0, 0.1) is 0 Å². The molecule has 0 saturated carbocycles. The van der Waals surface area contributed by atoms with Gasteiger partial charge in [0.05, 0.1) is 17.3 Å². The van der Waals surface area contributed by atoms with Gasteiger partial charge in [-0.1, -0.05) is 11.6 Å². The molecule has 120 valence electrons. The quantitative estimate of drug-likeness (QED) is 0.723. The first-order valence-electron chi connectivity index (χ1n) is 6.64. The molecule has 0 fully saturated rings. The van der Waals surface area contributed by atoms with Gasteiger partial charge in [-0.3, -0.25) is 4.79 Å². The van der Waals surface area contributed by atoms with Crippen molar-refractivity contribution in [3.8, 4) is 11.3 Å². The van der Waals surface area contributed by atoms with E-state index in [4.69, 9.17) is 11.6 Å². The molecule has 0 saturated heterocycles. The molecule has 1 N–H and O–H groups in total. The average Bonchev–Trinajstić information content (AvgIpc) is 2.89. The van der Waals surface area contributed by atoms with Crippen LogP contribution in [-0.4, -0.2) is 20.7 Å². The molecule has 8 heteroatoms. The van der Waals surface area contributed by atoms with E-state index >= 15 is 0 Å². The number of halogens is 4. The summed E-state index contributed by atoms with van der Waals surface area (Å²) in [5.41, 5.74) is 0.986. The fourth-order valence-electron chi connectivity index (χ4n) is 2.50. The maximum Gasteiger partial charge on any atom is 0.393 e. The van der Waals surface area contributed by atoms with E-state index in [9.17, 15) is 18.0 Å². The second kappa shape index (κ2) is 5.42. The van der Waals surface area contributed by atoms with Gasteiger partial charge in [0.1, 0.15) is 5.15 Å². The molecule has 23 heavy (non-hydrogen) atoms. The topological polar surface area (TPSA) is 50.7 Å². The highest BCUT2D eigenvalue weighted by Crippen LogP contribution is 2.29. The van der Waals surface area contributed by atoms with Crippen LogP contribution in [0.5, 0.6) is 0 Å². The molecule has 3 aromatic heterocycles. The molecular weight excluding hydrogens is 331 g/mol. The third-order valence-electron chi connectivity index (χ3n) is 3.47. The highest BCUT2D eigenvalue weighted by Gasteiger charge is 2.29. The van der Waals surface area contributed by atoms with E-state index in [1.807, 2.05) is 0 Å². The van der Waals surface area contributed by atoms with Crippen LogP contribution in [0.15, 0.2) is 35.4 Å². The molecule has 3 heterocycles. The molecule has 0 atom stereocenters. The zero-order valence-electron chi connectivity index (χ0n) is 11.9. The van der Waals surface area contributed by atoms with Crippen molar-refractivity contribution >= 4 is 22.5 Å². The Bertz CT molecular complexity index is 943. The van der Waals surface area contributed by atoms with Crippen LogP contribution in [-0.2, 0) is 13.5 Å². The maximum atomic E-state index is 12.8. The standard InChI is InChI=1S/C15H11ClF3N3O/c1-22-7-9(6-15(17,18)19)13-10(14(22)23)5-11(21-13)8-2-3-20-12(16)4-8/h2-5,7,21H,6H2,1H3. The molecule has 0 aromatic carbocycles. The summed E-state index contributed by atoms with van der Waals surface area (Å²) < 4.78 is 39.4. The summed E-state index contributed by atoms with van der Waals surface area (Å²) in [7, 11) is 1.43. The van der Waals surface area contributed by atoms with Gasteiger partial charge in [-0.2, -0.15) is 13.2 Å². The monoisotopic (exact) mass is 341 g/mol. The number of rotatable bonds is 2. The molecule has 0 aliphatic rings. The first kappa shape index (κ1) is 15.6. The van der Waals surface area contributed by atoms with Crippen molar-refractivity contribution in [3.63, 3.8) is 0 Å². The molecule has 0 aliphatic carbocycles. The highest BCUT2D eigenvalue weighted by atomic mass is 35.5. The van der Waals surface area contributed by atoms with E-state index in [1.54, 1.807) is 12.1 Å². The molecule has 0 aliphatic heterocycles. The number of hydrogen-bond acceptors (Lipinski definition) is 2. The molecule has 0 radical (unpaired) electrons. The summed E-state index contributed by atoms with van der Waals surface area (Å²) in [4.78, 5) is 18.9. The Morgan fingerprint density at radius 2 is 2.09 bits per heavy atom. The molecule has 0 amide bonds. The van der Waals surface area contributed by atoms with Crippen molar-refractivity contribution in [1.29, 1.82) is 0 Å². The Balaban J connectivity index is 2.24. The minimum atomic E-state index is -4.37. The van der Waals surface area contributed by atoms with Crippen LogP contribution in [0.4, 0.5) is 13.2 Å². The lowest BCUT2D eigenvalue weighted by atomic mass is 10.1. The van der Waals surface area contributed by atoms with Crippen molar-refractivity contribution in [2.24, 2.45) is 7.05 Å². The summed E-state index contributed by atoms with van der Waals surface area (Å²) in [6.07, 6.45) is -2.79. The van der Waals surface area contributed by atoms with Gasteiger partial charge in [0.25, 0.3) is 5.56 Å². The normalized spacial score (nSPS) is 12.0. The van der Waals surface area contributed by atoms with Gasteiger partial charge in [0.15, 0.2) is 0 Å². The van der Waals surface area contributed by atoms with Gasteiger partial charge < -0.3 is 9.55 Å². The van der Waals surface area contributed by atoms with Crippen molar-refractivity contribution in [2.45, 2.75) is 12.6 Å². The third kappa shape index (κ3) is 3.10. The van der Waals surface area contributed by atoms with Crippen LogP contribution in [0.3, 0.4) is 0 Å². The first-order chi connectivity index (χ1) is 10.7. The van der Waals surface area contributed by atoms with E-state index in [0.29, 0.717) is 11.3 Å². The number of pyridine rings is 2. The van der Waals surface area contributed by atoms with Crippen LogP contribution < -0.4 is 5.56 Å².